The maximum absolute atomic E-state index is 15.0. The lowest BCUT2D eigenvalue weighted by Crippen LogP contribution is -2.38. The minimum Gasteiger partial charge on any atom is -0.332 e. The number of likely N-dealkylation sites (tertiary alicyclic amines) is 1. The zero-order valence-corrected chi connectivity index (χ0v) is 14.3. The van der Waals surface area contributed by atoms with Crippen LogP contribution in [0.1, 0.15) is 47.1 Å². The molecular weight excluding hydrogens is 355 g/mol. The molecule has 2 heterocycles. The summed E-state index contributed by atoms with van der Waals surface area (Å²) >= 11 is 5.82. The predicted octanol–water partition coefficient (Wildman–Crippen LogP) is 4.33. The van der Waals surface area contributed by atoms with Gasteiger partial charge in [-0.2, -0.15) is 5.10 Å². The molecule has 25 heavy (non-hydrogen) atoms. The summed E-state index contributed by atoms with van der Waals surface area (Å²) in [6, 6.07) is 5.62. The molecule has 134 valence electrons. The van der Waals surface area contributed by atoms with Crippen LogP contribution >= 0.6 is 11.6 Å². The van der Waals surface area contributed by atoms with Gasteiger partial charge in [0.05, 0.1) is 11.6 Å². The van der Waals surface area contributed by atoms with E-state index in [0.717, 1.165) is 0 Å². The molecule has 8 heteroatoms. The third kappa shape index (κ3) is 3.51. The second-order valence-electron chi connectivity index (χ2n) is 6.06. The highest BCUT2D eigenvalue weighted by molar-refractivity contribution is 6.30. The summed E-state index contributed by atoms with van der Waals surface area (Å²) in [4.78, 5) is 14.1. The lowest BCUT2D eigenvalue weighted by molar-refractivity contribution is 0.0640. The number of amides is 1. The molecule has 2 atom stereocenters. The van der Waals surface area contributed by atoms with Gasteiger partial charge in [0, 0.05) is 24.8 Å². The van der Waals surface area contributed by atoms with Gasteiger partial charge in [-0.3, -0.25) is 9.48 Å². The first-order valence-corrected chi connectivity index (χ1v) is 8.28. The minimum absolute atomic E-state index is 0.173. The number of nitrogens with zero attached hydrogens (tertiary/aromatic N) is 3. The molecule has 4 nitrogen and oxygen atoms in total. The van der Waals surface area contributed by atoms with Crippen molar-refractivity contribution in [3.63, 3.8) is 0 Å². The van der Waals surface area contributed by atoms with Crippen LogP contribution in [-0.2, 0) is 7.05 Å². The Bertz CT molecular complexity index is 763. The van der Waals surface area contributed by atoms with Crippen molar-refractivity contribution in [1.82, 2.24) is 14.7 Å². The second-order valence-corrected chi connectivity index (χ2v) is 6.50. The number of carbonyl (C=O) groups excluding carboxylic acids is 1. The van der Waals surface area contributed by atoms with Crippen molar-refractivity contribution >= 4 is 17.5 Å². The van der Waals surface area contributed by atoms with Crippen molar-refractivity contribution in [3.8, 4) is 0 Å². The number of aryl methyl sites for hydroxylation is 1. The average Bonchev–Trinajstić information content (AvgIpc) is 3.21. The smallest absolute Gasteiger partial charge is 0.282 e. The van der Waals surface area contributed by atoms with E-state index in [9.17, 15) is 18.0 Å². The third-order valence-corrected chi connectivity index (χ3v) is 4.63. The van der Waals surface area contributed by atoms with E-state index in [4.69, 9.17) is 11.6 Å². The highest BCUT2D eigenvalue weighted by Crippen LogP contribution is 2.34. The van der Waals surface area contributed by atoms with E-state index in [0.29, 0.717) is 30.0 Å². The monoisotopic (exact) mass is 371 g/mol. The molecule has 0 bridgehead atoms. The summed E-state index contributed by atoms with van der Waals surface area (Å²) < 4.78 is 42.4. The second kappa shape index (κ2) is 7.07. The van der Waals surface area contributed by atoms with Gasteiger partial charge in [0.2, 0.25) is 0 Å². The van der Waals surface area contributed by atoms with Crippen molar-refractivity contribution in [2.75, 3.05) is 6.54 Å². The standard InChI is InChI=1S/C17H17ClF3N3O/c1-23-9-12(15(22-23)16(20)21)17(25)24-8-2-3-13(24)14(19)10-4-6-11(18)7-5-10/h4-7,9,13-14,16H,2-3,8H2,1H3/t13?,14-/m0/s1. The Hall–Kier alpha value is -2.02. The number of alkyl halides is 3. The average molecular weight is 372 g/mol. The predicted molar refractivity (Wildman–Crippen MR) is 87.5 cm³/mol. The van der Waals surface area contributed by atoms with E-state index >= 15 is 0 Å². The molecule has 1 unspecified atom stereocenters. The molecule has 0 saturated carbocycles. The lowest BCUT2D eigenvalue weighted by atomic mass is 10.0. The molecule has 0 N–H and O–H groups in total. The van der Waals surface area contributed by atoms with E-state index in [1.807, 2.05) is 0 Å². The molecule has 0 aliphatic carbocycles. The Morgan fingerprint density at radius 3 is 2.60 bits per heavy atom. The summed E-state index contributed by atoms with van der Waals surface area (Å²) in [5, 5.41) is 4.14. The maximum atomic E-state index is 15.0. The van der Waals surface area contributed by atoms with Crippen LogP contribution in [0.3, 0.4) is 0 Å². The highest BCUT2D eigenvalue weighted by atomic mass is 35.5. The van der Waals surface area contributed by atoms with Crippen LogP contribution < -0.4 is 0 Å². The Balaban J connectivity index is 1.86. The molecule has 0 spiro atoms. The molecule has 2 aromatic rings. The Morgan fingerprint density at radius 1 is 1.28 bits per heavy atom. The molecule has 1 saturated heterocycles. The SMILES string of the molecule is Cn1cc(C(=O)N2CCCC2[C@@H](F)c2ccc(Cl)cc2)c(C(F)F)n1. The summed E-state index contributed by atoms with van der Waals surface area (Å²) in [6.45, 7) is 0.328. The summed E-state index contributed by atoms with van der Waals surface area (Å²) in [5.41, 5.74) is -0.331. The van der Waals surface area contributed by atoms with Gasteiger partial charge >= 0.3 is 0 Å². The quantitative estimate of drug-likeness (QED) is 0.802. The van der Waals surface area contributed by atoms with Crippen LogP contribution in [0.5, 0.6) is 0 Å². The normalized spacial score (nSPS) is 18.8. The first-order valence-electron chi connectivity index (χ1n) is 7.90. The molecule has 1 fully saturated rings. The Labute approximate surface area is 148 Å². The van der Waals surface area contributed by atoms with Gasteiger partial charge in [-0.05, 0) is 30.5 Å². The van der Waals surface area contributed by atoms with Crippen LogP contribution in [0.2, 0.25) is 5.02 Å². The van der Waals surface area contributed by atoms with Crippen LogP contribution in [0, 0.1) is 0 Å². The largest absolute Gasteiger partial charge is 0.332 e. The fourth-order valence-electron chi connectivity index (χ4n) is 3.20. The number of hydrogen-bond donors (Lipinski definition) is 0. The third-order valence-electron chi connectivity index (χ3n) is 4.38. The molecule has 1 amide bonds. The fraction of sp³-hybridized carbons (Fsp3) is 0.412. The van der Waals surface area contributed by atoms with E-state index in [1.165, 1.54) is 22.8 Å². The van der Waals surface area contributed by atoms with Gasteiger partial charge in [0.15, 0.2) is 0 Å². The van der Waals surface area contributed by atoms with Gasteiger partial charge < -0.3 is 4.90 Å². The molecule has 1 aromatic heterocycles. The molecule has 1 aliphatic rings. The van der Waals surface area contributed by atoms with Crippen LogP contribution in [0.4, 0.5) is 13.2 Å². The van der Waals surface area contributed by atoms with Crippen molar-refractivity contribution in [3.05, 3.63) is 52.3 Å². The molecule has 1 aliphatic heterocycles. The molecule has 3 rings (SSSR count). The van der Waals surface area contributed by atoms with Gasteiger partial charge in [0.25, 0.3) is 12.3 Å². The zero-order valence-electron chi connectivity index (χ0n) is 13.5. The van der Waals surface area contributed by atoms with Crippen LogP contribution in [0.15, 0.2) is 30.5 Å². The summed E-state index contributed by atoms with van der Waals surface area (Å²) in [7, 11) is 1.47. The van der Waals surface area contributed by atoms with E-state index in [-0.39, 0.29) is 5.56 Å². The van der Waals surface area contributed by atoms with E-state index < -0.39 is 30.2 Å². The topological polar surface area (TPSA) is 38.1 Å². The number of aromatic nitrogens is 2. The van der Waals surface area contributed by atoms with Gasteiger partial charge in [-0.1, -0.05) is 23.7 Å². The first kappa shape index (κ1) is 17.8. The first-order chi connectivity index (χ1) is 11.9. The minimum atomic E-state index is -2.86. The van der Waals surface area contributed by atoms with Crippen molar-refractivity contribution in [1.29, 1.82) is 0 Å². The maximum Gasteiger partial charge on any atom is 0.282 e. The number of halogens is 4. The Kier molecular flexibility index (Phi) is 5.03. The molecular formula is C17H17ClF3N3O. The van der Waals surface area contributed by atoms with E-state index in [1.54, 1.807) is 24.3 Å². The molecule has 1 aromatic carbocycles. The fourth-order valence-corrected chi connectivity index (χ4v) is 3.33. The number of rotatable bonds is 4. The van der Waals surface area contributed by atoms with Crippen molar-refractivity contribution in [2.45, 2.75) is 31.5 Å². The zero-order chi connectivity index (χ0) is 18.1. The summed E-state index contributed by atoms with van der Waals surface area (Å²) in [6.07, 6.45) is -1.92. The van der Waals surface area contributed by atoms with Crippen LogP contribution in [-0.4, -0.2) is 33.2 Å². The number of benzene rings is 1. The van der Waals surface area contributed by atoms with Gasteiger partial charge in [-0.15, -0.1) is 0 Å². The lowest BCUT2D eigenvalue weighted by Gasteiger charge is -2.27. The summed E-state index contributed by atoms with van der Waals surface area (Å²) in [5.74, 6) is -0.609. The number of hydrogen-bond acceptors (Lipinski definition) is 2. The van der Waals surface area contributed by atoms with Crippen molar-refractivity contribution in [2.24, 2.45) is 7.05 Å². The van der Waals surface area contributed by atoms with Gasteiger partial charge in [-0.25, -0.2) is 13.2 Å². The highest BCUT2D eigenvalue weighted by Gasteiger charge is 2.38. The molecule has 0 radical (unpaired) electrons. The Morgan fingerprint density at radius 2 is 1.96 bits per heavy atom. The van der Waals surface area contributed by atoms with Crippen molar-refractivity contribution < 1.29 is 18.0 Å². The number of carbonyl (C=O) groups is 1. The van der Waals surface area contributed by atoms with Crippen LogP contribution in [0.25, 0.3) is 0 Å². The van der Waals surface area contributed by atoms with Gasteiger partial charge in [0.1, 0.15) is 11.9 Å². The van der Waals surface area contributed by atoms with E-state index in [2.05, 4.69) is 5.10 Å².